The van der Waals surface area contributed by atoms with Crippen LogP contribution in [0.2, 0.25) is 0 Å². The maximum absolute atomic E-state index is 11.8. The lowest BCUT2D eigenvalue weighted by Gasteiger charge is -2.09. The van der Waals surface area contributed by atoms with Gasteiger partial charge in [-0.2, -0.15) is 0 Å². The van der Waals surface area contributed by atoms with Crippen molar-refractivity contribution in [3.63, 3.8) is 0 Å². The topological polar surface area (TPSA) is 52.3 Å². The minimum atomic E-state index is -0.0281. The number of nitrogens with two attached hydrogens (primary N) is 1. The molecule has 88 valence electrons. The molecular formula is C13H19NO2. The molecule has 3 nitrogen and oxygen atoms in total. The molecule has 0 saturated carbocycles. The van der Waals surface area contributed by atoms with E-state index in [4.69, 9.17) is 10.5 Å². The van der Waals surface area contributed by atoms with E-state index in [0.717, 1.165) is 18.6 Å². The second-order valence-corrected chi connectivity index (χ2v) is 3.90. The third-order valence-corrected chi connectivity index (χ3v) is 2.52. The highest BCUT2D eigenvalue weighted by Gasteiger charge is 2.10. The van der Waals surface area contributed by atoms with E-state index in [9.17, 15) is 4.79 Å². The normalized spacial score (nSPS) is 12.2. The van der Waals surface area contributed by atoms with Gasteiger partial charge in [-0.05, 0) is 30.7 Å². The fourth-order valence-electron chi connectivity index (χ4n) is 1.61. The molecule has 0 radical (unpaired) electrons. The molecule has 1 rings (SSSR count). The van der Waals surface area contributed by atoms with Gasteiger partial charge in [0.25, 0.3) is 0 Å². The van der Waals surface area contributed by atoms with Crippen LogP contribution in [0.5, 0.6) is 5.75 Å². The standard InChI is InChI=1S/C13H19NO2/c1-3-4-11(14)9-13(15)10-5-7-12(16-2)8-6-10/h5-8,11H,3-4,9,14H2,1-2H3. The zero-order valence-corrected chi connectivity index (χ0v) is 9.90. The van der Waals surface area contributed by atoms with Gasteiger partial charge in [0.15, 0.2) is 5.78 Å². The van der Waals surface area contributed by atoms with Gasteiger partial charge in [0.05, 0.1) is 7.11 Å². The molecule has 0 aromatic heterocycles. The number of ether oxygens (including phenoxy) is 1. The van der Waals surface area contributed by atoms with Gasteiger partial charge in [0.2, 0.25) is 0 Å². The Morgan fingerprint density at radius 3 is 2.50 bits per heavy atom. The fraction of sp³-hybridized carbons (Fsp3) is 0.462. The summed E-state index contributed by atoms with van der Waals surface area (Å²) in [6.07, 6.45) is 2.32. The van der Waals surface area contributed by atoms with Crippen LogP contribution in [0.4, 0.5) is 0 Å². The largest absolute Gasteiger partial charge is 0.497 e. The third-order valence-electron chi connectivity index (χ3n) is 2.52. The van der Waals surface area contributed by atoms with Crippen LogP contribution >= 0.6 is 0 Å². The average molecular weight is 221 g/mol. The molecule has 0 amide bonds. The highest BCUT2D eigenvalue weighted by atomic mass is 16.5. The highest BCUT2D eigenvalue weighted by Crippen LogP contribution is 2.13. The minimum absolute atomic E-state index is 0.0281. The summed E-state index contributed by atoms with van der Waals surface area (Å²) < 4.78 is 5.03. The van der Waals surface area contributed by atoms with E-state index in [1.165, 1.54) is 0 Å². The van der Waals surface area contributed by atoms with Crippen LogP contribution < -0.4 is 10.5 Å². The third kappa shape index (κ3) is 3.66. The van der Waals surface area contributed by atoms with Crippen LogP contribution in [0.1, 0.15) is 36.5 Å². The molecule has 3 heteroatoms. The van der Waals surface area contributed by atoms with Crippen LogP contribution in [0.25, 0.3) is 0 Å². The maximum atomic E-state index is 11.8. The van der Waals surface area contributed by atoms with Crippen molar-refractivity contribution in [1.29, 1.82) is 0 Å². The molecule has 1 unspecified atom stereocenters. The van der Waals surface area contributed by atoms with Gasteiger partial charge in [-0.3, -0.25) is 4.79 Å². The number of benzene rings is 1. The smallest absolute Gasteiger partial charge is 0.164 e. The van der Waals surface area contributed by atoms with Crippen LogP contribution in [0.3, 0.4) is 0 Å². The number of methoxy groups -OCH3 is 1. The summed E-state index contributed by atoms with van der Waals surface area (Å²) in [7, 11) is 1.61. The van der Waals surface area contributed by atoms with Gasteiger partial charge in [-0.15, -0.1) is 0 Å². The van der Waals surface area contributed by atoms with E-state index in [2.05, 4.69) is 6.92 Å². The van der Waals surface area contributed by atoms with Crippen LogP contribution in [0.15, 0.2) is 24.3 Å². The summed E-state index contributed by atoms with van der Waals surface area (Å²) in [6, 6.07) is 7.11. The molecule has 16 heavy (non-hydrogen) atoms. The van der Waals surface area contributed by atoms with E-state index >= 15 is 0 Å². The van der Waals surface area contributed by atoms with Crippen molar-refractivity contribution < 1.29 is 9.53 Å². The fourth-order valence-corrected chi connectivity index (χ4v) is 1.61. The first-order valence-electron chi connectivity index (χ1n) is 5.60. The zero-order valence-electron chi connectivity index (χ0n) is 9.90. The number of hydrogen-bond donors (Lipinski definition) is 1. The molecule has 1 aromatic carbocycles. The number of Topliss-reactive ketones (excluding diaryl/α,β-unsaturated/α-hetero) is 1. The SMILES string of the molecule is CCCC(N)CC(=O)c1ccc(OC)cc1. The Morgan fingerprint density at radius 2 is 2.00 bits per heavy atom. The van der Waals surface area contributed by atoms with E-state index in [0.29, 0.717) is 12.0 Å². The molecule has 0 spiro atoms. The Labute approximate surface area is 96.6 Å². The zero-order chi connectivity index (χ0) is 12.0. The van der Waals surface area contributed by atoms with Crippen LogP contribution in [-0.2, 0) is 0 Å². The van der Waals surface area contributed by atoms with Gasteiger partial charge < -0.3 is 10.5 Å². The molecule has 2 N–H and O–H groups in total. The van der Waals surface area contributed by atoms with Gasteiger partial charge in [0.1, 0.15) is 5.75 Å². The number of ketones is 1. The lowest BCUT2D eigenvalue weighted by molar-refractivity contribution is 0.0973. The first-order chi connectivity index (χ1) is 7.67. The maximum Gasteiger partial charge on any atom is 0.164 e. The molecule has 0 heterocycles. The lowest BCUT2D eigenvalue weighted by Crippen LogP contribution is -2.23. The molecule has 0 fully saturated rings. The van der Waals surface area contributed by atoms with Gasteiger partial charge in [-0.25, -0.2) is 0 Å². The predicted octanol–water partition coefficient (Wildman–Crippen LogP) is 2.40. The van der Waals surface area contributed by atoms with E-state index < -0.39 is 0 Å². The van der Waals surface area contributed by atoms with Gasteiger partial charge in [0, 0.05) is 18.0 Å². The predicted molar refractivity (Wildman–Crippen MR) is 64.8 cm³/mol. The molecular weight excluding hydrogens is 202 g/mol. The van der Waals surface area contributed by atoms with Crippen molar-refractivity contribution in [3.05, 3.63) is 29.8 Å². The Bertz CT molecular complexity index is 332. The van der Waals surface area contributed by atoms with Crippen LogP contribution in [-0.4, -0.2) is 18.9 Å². The van der Waals surface area contributed by atoms with E-state index in [-0.39, 0.29) is 11.8 Å². The monoisotopic (exact) mass is 221 g/mol. The number of carbonyl (C=O) groups is 1. The summed E-state index contributed by atoms with van der Waals surface area (Å²) >= 11 is 0. The summed E-state index contributed by atoms with van der Waals surface area (Å²) in [5, 5.41) is 0. The number of rotatable bonds is 6. The number of carbonyl (C=O) groups excluding carboxylic acids is 1. The molecule has 0 aliphatic carbocycles. The summed E-state index contributed by atoms with van der Waals surface area (Å²) in [5.74, 6) is 0.859. The van der Waals surface area contributed by atoms with Crippen molar-refractivity contribution >= 4 is 5.78 Å². The summed E-state index contributed by atoms with van der Waals surface area (Å²) in [5.41, 5.74) is 6.53. The van der Waals surface area contributed by atoms with Crippen molar-refractivity contribution in [3.8, 4) is 5.75 Å². The average Bonchev–Trinajstić information content (AvgIpc) is 2.29. The van der Waals surface area contributed by atoms with Crippen molar-refractivity contribution in [2.24, 2.45) is 5.73 Å². The Hall–Kier alpha value is -1.35. The van der Waals surface area contributed by atoms with Crippen molar-refractivity contribution in [2.45, 2.75) is 32.2 Å². The van der Waals surface area contributed by atoms with E-state index in [1.54, 1.807) is 31.4 Å². The van der Waals surface area contributed by atoms with Crippen molar-refractivity contribution in [2.75, 3.05) is 7.11 Å². The summed E-state index contributed by atoms with van der Waals surface area (Å²) in [6.45, 7) is 2.07. The highest BCUT2D eigenvalue weighted by molar-refractivity contribution is 5.96. The second-order valence-electron chi connectivity index (χ2n) is 3.90. The second kappa shape index (κ2) is 6.28. The first kappa shape index (κ1) is 12.7. The Morgan fingerprint density at radius 1 is 1.38 bits per heavy atom. The van der Waals surface area contributed by atoms with Crippen LogP contribution in [0, 0.1) is 0 Å². The van der Waals surface area contributed by atoms with Crippen molar-refractivity contribution in [1.82, 2.24) is 0 Å². The van der Waals surface area contributed by atoms with E-state index in [1.807, 2.05) is 0 Å². The molecule has 0 saturated heterocycles. The molecule has 0 aliphatic rings. The quantitative estimate of drug-likeness (QED) is 0.750. The molecule has 1 atom stereocenters. The molecule has 0 bridgehead atoms. The summed E-state index contributed by atoms with van der Waals surface area (Å²) in [4.78, 5) is 11.8. The first-order valence-corrected chi connectivity index (χ1v) is 5.60. The number of hydrogen-bond acceptors (Lipinski definition) is 3. The minimum Gasteiger partial charge on any atom is -0.497 e. The molecule has 0 aliphatic heterocycles. The molecule has 1 aromatic rings. The Kier molecular flexibility index (Phi) is 4.99. The van der Waals surface area contributed by atoms with Gasteiger partial charge in [-0.1, -0.05) is 13.3 Å². The lowest BCUT2D eigenvalue weighted by atomic mass is 10.0. The van der Waals surface area contributed by atoms with Gasteiger partial charge >= 0.3 is 0 Å². The Balaban J connectivity index is 2.59.